The Bertz CT molecular complexity index is 599. The van der Waals surface area contributed by atoms with E-state index < -0.39 is 27.9 Å². The van der Waals surface area contributed by atoms with Crippen molar-refractivity contribution in [3.63, 3.8) is 0 Å². The largest absolute Gasteiger partial charge is 0.468 e. The van der Waals surface area contributed by atoms with Gasteiger partial charge in [0, 0.05) is 6.04 Å². The number of methoxy groups -OCH3 is 1. The van der Waals surface area contributed by atoms with Crippen LogP contribution in [0.25, 0.3) is 0 Å². The lowest BCUT2D eigenvalue weighted by Crippen LogP contribution is -2.44. The molecule has 0 spiro atoms. The quantitative estimate of drug-likeness (QED) is 0.794. The predicted molar refractivity (Wildman–Crippen MR) is 69.9 cm³/mol. The molecule has 0 radical (unpaired) electrons. The predicted octanol–water partition coefficient (Wildman–Crippen LogP) is 1.54. The number of sulfonamides is 1. The van der Waals surface area contributed by atoms with Gasteiger partial charge in [0.25, 0.3) is 0 Å². The van der Waals surface area contributed by atoms with Gasteiger partial charge < -0.3 is 4.74 Å². The highest BCUT2D eigenvalue weighted by Crippen LogP contribution is 2.31. The van der Waals surface area contributed by atoms with E-state index in [1.807, 2.05) is 0 Å². The van der Waals surface area contributed by atoms with Crippen molar-refractivity contribution in [1.82, 2.24) is 4.31 Å². The molecule has 2 unspecified atom stereocenters. The maximum atomic E-state index is 12.9. The van der Waals surface area contributed by atoms with E-state index in [9.17, 15) is 17.6 Å². The second kappa shape index (κ2) is 5.49. The number of ether oxygens (including phenoxy) is 1. The Balaban J connectivity index is 2.40. The van der Waals surface area contributed by atoms with Crippen LogP contribution in [-0.2, 0) is 19.6 Å². The zero-order valence-corrected chi connectivity index (χ0v) is 12.1. The van der Waals surface area contributed by atoms with E-state index in [4.69, 9.17) is 0 Å². The number of carbonyl (C=O) groups is 1. The molecule has 5 nitrogen and oxygen atoms in total. The fraction of sp³-hybridized carbons (Fsp3) is 0.462. The SMILES string of the molecule is COC(=O)C1CCC(C)N1S(=O)(=O)c1ccc(F)cc1. The lowest BCUT2D eigenvalue weighted by atomic mass is 10.2. The third-order valence-corrected chi connectivity index (χ3v) is 5.50. The van der Waals surface area contributed by atoms with Gasteiger partial charge in [-0.05, 0) is 44.0 Å². The molecule has 110 valence electrons. The Morgan fingerprint density at radius 2 is 1.90 bits per heavy atom. The molecule has 20 heavy (non-hydrogen) atoms. The van der Waals surface area contributed by atoms with Crippen molar-refractivity contribution in [3.8, 4) is 0 Å². The molecule has 0 bridgehead atoms. The summed E-state index contributed by atoms with van der Waals surface area (Å²) in [6.45, 7) is 1.74. The second-order valence-corrected chi connectivity index (χ2v) is 6.60. The average molecular weight is 301 g/mol. The summed E-state index contributed by atoms with van der Waals surface area (Å²) in [5, 5.41) is 0. The van der Waals surface area contributed by atoms with Crippen molar-refractivity contribution in [2.45, 2.75) is 36.7 Å². The first-order valence-electron chi connectivity index (χ1n) is 6.25. The molecule has 0 aromatic heterocycles. The van der Waals surface area contributed by atoms with Crippen LogP contribution < -0.4 is 0 Å². The van der Waals surface area contributed by atoms with Crippen molar-refractivity contribution < 1.29 is 22.3 Å². The van der Waals surface area contributed by atoms with Crippen LogP contribution in [0.3, 0.4) is 0 Å². The van der Waals surface area contributed by atoms with E-state index in [-0.39, 0.29) is 10.9 Å². The van der Waals surface area contributed by atoms with Crippen LogP contribution in [-0.4, -0.2) is 37.9 Å². The van der Waals surface area contributed by atoms with Crippen molar-refractivity contribution in [2.75, 3.05) is 7.11 Å². The summed E-state index contributed by atoms with van der Waals surface area (Å²) in [6.07, 6.45) is 1.01. The van der Waals surface area contributed by atoms with Crippen LogP contribution in [0.1, 0.15) is 19.8 Å². The molecule has 0 N–H and O–H groups in total. The minimum Gasteiger partial charge on any atom is -0.468 e. The van der Waals surface area contributed by atoms with E-state index in [0.717, 1.165) is 16.4 Å². The summed E-state index contributed by atoms with van der Waals surface area (Å²) >= 11 is 0. The number of benzene rings is 1. The van der Waals surface area contributed by atoms with Crippen LogP contribution in [0.2, 0.25) is 0 Å². The smallest absolute Gasteiger partial charge is 0.324 e. The number of hydrogen-bond donors (Lipinski definition) is 0. The number of carbonyl (C=O) groups excluding carboxylic acids is 1. The molecule has 1 heterocycles. The minimum atomic E-state index is -3.84. The molecule has 2 atom stereocenters. The zero-order valence-electron chi connectivity index (χ0n) is 11.2. The minimum absolute atomic E-state index is 0.0263. The van der Waals surface area contributed by atoms with Crippen molar-refractivity contribution in [2.24, 2.45) is 0 Å². The van der Waals surface area contributed by atoms with Gasteiger partial charge in [-0.3, -0.25) is 4.79 Å². The monoisotopic (exact) mass is 301 g/mol. The van der Waals surface area contributed by atoms with E-state index in [0.29, 0.717) is 12.8 Å². The number of rotatable bonds is 3. The molecular weight excluding hydrogens is 285 g/mol. The first-order chi connectivity index (χ1) is 9.37. The van der Waals surface area contributed by atoms with Gasteiger partial charge in [-0.2, -0.15) is 4.31 Å². The van der Waals surface area contributed by atoms with Gasteiger partial charge >= 0.3 is 5.97 Å². The lowest BCUT2D eigenvalue weighted by Gasteiger charge is -2.25. The van der Waals surface area contributed by atoms with Crippen LogP contribution >= 0.6 is 0 Å². The fourth-order valence-electron chi connectivity index (χ4n) is 2.45. The van der Waals surface area contributed by atoms with Crippen molar-refractivity contribution in [1.29, 1.82) is 0 Å². The Morgan fingerprint density at radius 3 is 2.45 bits per heavy atom. The molecule has 0 aliphatic carbocycles. The molecule has 1 aliphatic heterocycles. The van der Waals surface area contributed by atoms with Gasteiger partial charge in [0.2, 0.25) is 10.0 Å². The molecule has 1 fully saturated rings. The molecular formula is C13H16FNO4S. The molecule has 1 aromatic carbocycles. The van der Waals surface area contributed by atoms with Crippen LogP contribution in [0, 0.1) is 5.82 Å². The number of halogens is 1. The van der Waals surface area contributed by atoms with Crippen LogP contribution in [0.4, 0.5) is 4.39 Å². The Kier molecular flexibility index (Phi) is 4.10. The number of hydrogen-bond acceptors (Lipinski definition) is 4. The summed E-state index contributed by atoms with van der Waals surface area (Å²) in [5.74, 6) is -1.08. The van der Waals surface area contributed by atoms with E-state index in [2.05, 4.69) is 4.74 Å². The highest BCUT2D eigenvalue weighted by Gasteiger charge is 2.44. The van der Waals surface area contributed by atoms with Gasteiger partial charge in [-0.1, -0.05) is 0 Å². The van der Waals surface area contributed by atoms with E-state index in [1.54, 1.807) is 6.92 Å². The average Bonchev–Trinajstić information content (AvgIpc) is 2.81. The first kappa shape index (κ1) is 14.9. The van der Waals surface area contributed by atoms with E-state index >= 15 is 0 Å². The summed E-state index contributed by atoms with van der Waals surface area (Å²) in [7, 11) is -2.61. The summed E-state index contributed by atoms with van der Waals surface area (Å²) in [5.41, 5.74) is 0. The van der Waals surface area contributed by atoms with E-state index in [1.165, 1.54) is 19.2 Å². The Morgan fingerprint density at radius 1 is 1.30 bits per heavy atom. The topological polar surface area (TPSA) is 63.7 Å². The van der Waals surface area contributed by atoms with Gasteiger partial charge in [-0.15, -0.1) is 0 Å². The third kappa shape index (κ3) is 2.55. The van der Waals surface area contributed by atoms with Crippen molar-refractivity contribution in [3.05, 3.63) is 30.1 Å². The van der Waals surface area contributed by atoms with Crippen LogP contribution in [0.15, 0.2) is 29.2 Å². The van der Waals surface area contributed by atoms with Gasteiger partial charge in [-0.25, -0.2) is 12.8 Å². The molecule has 0 saturated carbocycles. The summed E-state index contributed by atoms with van der Waals surface area (Å²) < 4.78 is 43.9. The summed E-state index contributed by atoms with van der Waals surface area (Å²) in [4.78, 5) is 11.7. The highest BCUT2D eigenvalue weighted by molar-refractivity contribution is 7.89. The zero-order chi connectivity index (χ0) is 14.9. The third-order valence-electron chi connectivity index (χ3n) is 3.46. The van der Waals surface area contributed by atoms with Gasteiger partial charge in [0.05, 0.1) is 12.0 Å². The first-order valence-corrected chi connectivity index (χ1v) is 7.69. The Labute approximate surface area is 117 Å². The molecule has 1 aromatic rings. The highest BCUT2D eigenvalue weighted by atomic mass is 32.2. The van der Waals surface area contributed by atoms with Gasteiger partial charge in [0.15, 0.2) is 0 Å². The maximum Gasteiger partial charge on any atom is 0.324 e. The second-order valence-electron chi connectivity index (χ2n) is 4.75. The Hall–Kier alpha value is -1.47. The summed E-state index contributed by atoms with van der Waals surface area (Å²) in [6, 6.07) is 3.45. The molecule has 7 heteroatoms. The molecule has 2 rings (SSSR count). The molecule has 0 amide bonds. The van der Waals surface area contributed by atoms with Crippen LogP contribution in [0.5, 0.6) is 0 Å². The molecule has 1 aliphatic rings. The van der Waals surface area contributed by atoms with Crippen molar-refractivity contribution >= 4 is 16.0 Å². The normalized spacial score (nSPS) is 23.8. The number of nitrogens with zero attached hydrogens (tertiary/aromatic N) is 1. The maximum absolute atomic E-state index is 12.9. The van der Waals surface area contributed by atoms with Gasteiger partial charge in [0.1, 0.15) is 11.9 Å². The standard InChI is InChI=1S/C13H16FNO4S/c1-9-3-8-12(13(16)19-2)15(9)20(17,18)11-6-4-10(14)5-7-11/h4-7,9,12H,3,8H2,1-2H3. The lowest BCUT2D eigenvalue weighted by molar-refractivity contribution is -0.144. The fourth-order valence-corrected chi connectivity index (χ4v) is 4.28. The molecule has 1 saturated heterocycles. The number of esters is 1.